The fourth-order valence-electron chi connectivity index (χ4n) is 1.87. The molecule has 0 radical (unpaired) electrons. The Morgan fingerprint density at radius 2 is 2.15 bits per heavy atom. The molecule has 0 amide bonds. The van der Waals surface area contributed by atoms with E-state index in [0.29, 0.717) is 0 Å². The van der Waals surface area contributed by atoms with E-state index in [2.05, 4.69) is 39.0 Å². The average Bonchev–Trinajstić information content (AvgIpc) is 2.48. The van der Waals surface area contributed by atoms with Crippen LogP contribution in [-0.2, 0) is 0 Å². The Bertz CT molecular complexity index is 196. The second-order valence-electron chi connectivity index (χ2n) is 4.50. The topological polar surface area (TPSA) is 0 Å². The lowest BCUT2D eigenvalue weighted by Gasteiger charge is -2.07. The summed E-state index contributed by atoms with van der Waals surface area (Å²) in [4.78, 5) is 0. The molecule has 0 bridgehead atoms. The first-order chi connectivity index (χ1) is 6.22. The lowest BCUT2D eigenvalue weighted by molar-refractivity contribution is 0.535. The molecule has 0 saturated heterocycles. The molecule has 0 N–H and O–H groups in total. The molecule has 0 aromatic heterocycles. The van der Waals surface area contributed by atoms with Crippen molar-refractivity contribution in [3.05, 3.63) is 23.8 Å². The van der Waals surface area contributed by atoms with Gasteiger partial charge in [0.15, 0.2) is 0 Å². The molecular formula is C13H22. The maximum Gasteiger partial charge on any atom is -0.00420 e. The lowest BCUT2D eigenvalue weighted by Crippen LogP contribution is -1.95. The van der Waals surface area contributed by atoms with Crippen LogP contribution in [0.15, 0.2) is 23.8 Å². The van der Waals surface area contributed by atoms with Gasteiger partial charge < -0.3 is 0 Å². The van der Waals surface area contributed by atoms with Crippen LogP contribution in [0, 0.1) is 11.8 Å². The van der Waals surface area contributed by atoms with Crippen molar-refractivity contribution in [1.82, 2.24) is 0 Å². The lowest BCUT2D eigenvalue weighted by atomic mass is 9.98. The van der Waals surface area contributed by atoms with Gasteiger partial charge in [0.05, 0.1) is 0 Å². The molecule has 0 aliphatic heterocycles. The predicted octanol–water partition coefficient (Wildman–Crippen LogP) is 4.34. The zero-order valence-electron chi connectivity index (χ0n) is 9.22. The van der Waals surface area contributed by atoms with Gasteiger partial charge in [0.25, 0.3) is 0 Å². The maximum atomic E-state index is 2.45. The fourth-order valence-corrected chi connectivity index (χ4v) is 1.87. The summed E-state index contributed by atoms with van der Waals surface area (Å²) >= 11 is 0. The monoisotopic (exact) mass is 178 g/mol. The Morgan fingerprint density at radius 3 is 2.77 bits per heavy atom. The van der Waals surface area contributed by atoms with Gasteiger partial charge in [0.1, 0.15) is 0 Å². The van der Waals surface area contributed by atoms with Crippen LogP contribution in [0.4, 0.5) is 0 Å². The number of hydrogen-bond donors (Lipinski definition) is 0. The zero-order chi connectivity index (χ0) is 9.68. The van der Waals surface area contributed by atoms with Crippen LogP contribution in [0.25, 0.3) is 0 Å². The van der Waals surface area contributed by atoms with Crippen LogP contribution < -0.4 is 0 Å². The molecule has 1 rings (SSSR count). The van der Waals surface area contributed by atoms with Crippen LogP contribution in [0.5, 0.6) is 0 Å². The molecule has 1 unspecified atom stereocenters. The van der Waals surface area contributed by atoms with Crippen LogP contribution in [0.3, 0.4) is 0 Å². The zero-order valence-corrected chi connectivity index (χ0v) is 9.22. The second-order valence-corrected chi connectivity index (χ2v) is 4.50. The smallest absolute Gasteiger partial charge is 0.00420 e. The van der Waals surface area contributed by atoms with Crippen LogP contribution in [0.1, 0.15) is 46.5 Å². The van der Waals surface area contributed by atoms with Crippen LogP contribution >= 0.6 is 0 Å². The highest BCUT2D eigenvalue weighted by Gasteiger charge is 2.10. The maximum absolute atomic E-state index is 2.45. The van der Waals surface area contributed by atoms with Crippen molar-refractivity contribution in [3.8, 4) is 0 Å². The van der Waals surface area contributed by atoms with Gasteiger partial charge in [-0.25, -0.2) is 0 Å². The molecule has 0 spiro atoms. The molecule has 13 heavy (non-hydrogen) atoms. The summed E-state index contributed by atoms with van der Waals surface area (Å²) < 4.78 is 0. The minimum atomic E-state index is 0.729. The molecule has 0 fully saturated rings. The van der Waals surface area contributed by atoms with E-state index in [-0.39, 0.29) is 0 Å². The summed E-state index contributed by atoms with van der Waals surface area (Å²) in [6.07, 6.45) is 12.4. The van der Waals surface area contributed by atoms with Crippen LogP contribution in [0.2, 0.25) is 0 Å². The van der Waals surface area contributed by atoms with Gasteiger partial charge in [-0.05, 0) is 31.1 Å². The van der Waals surface area contributed by atoms with Gasteiger partial charge in [0, 0.05) is 0 Å². The van der Waals surface area contributed by atoms with E-state index in [1.807, 2.05) is 0 Å². The van der Waals surface area contributed by atoms with Gasteiger partial charge in [0.2, 0.25) is 0 Å². The predicted molar refractivity (Wildman–Crippen MR) is 59.7 cm³/mol. The van der Waals surface area contributed by atoms with Crippen molar-refractivity contribution in [1.29, 1.82) is 0 Å². The van der Waals surface area contributed by atoms with Gasteiger partial charge in [-0.3, -0.25) is 0 Å². The van der Waals surface area contributed by atoms with Gasteiger partial charge >= 0.3 is 0 Å². The summed E-state index contributed by atoms with van der Waals surface area (Å²) in [6, 6.07) is 0. The SMILES string of the molecule is CCCCC1=CC(CC(C)C)C=C1. The molecule has 0 heterocycles. The van der Waals surface area contributed by atoms with Crippen LogP contribution in [-0.4, -0.2) is 0 Å². The van der Waals surface area contributed by atoms with Crippen molar-refractivity contribution in [2.75, 3.05) is 0 Å². The quantitative estimate of drug-likeness (QED) is 0.587. The van der Waals surface area contributed by atoms with E-state index in [9.17, 15) is 0 Å². The largest absolute Gasteiger partial charge is 0.0773 e. The Hall–Kier alpha value is -0.520. The normalized spacial score (nSPS) is 21.2. The van der Waals surface area contributed by atoms with E-state index in [1.54, 1.807) is 5.57 Å². The third-order valence-corrected chi connectivity index (χ3v) is 2.55. The number of hydrogen-bond acceptors (Lipinski definition) is 0. The molecular weight excluding hydrogens is 156 g/mol. The molecule has 74 valence electrons. The molecule has 0 saturated carbocycles. The number of unbranched alkanes of at least 4 members (excludes halogenated alkanes) is 1. The highest BCUT2D eigenvalue weighted by molar-refractivity contribution is 5.28. The Balaban J connectivity index is 2.32. The molecule has 1 atom stereocenters. The van der Waals surface area contributed by atoms with Crippen molar-refractivity contribution >= 4 is 0 Å². The first-order valence-electron chi connectivity index (χ1n) is 5.61. The highest BCUT2D eigenvalue weighted by Crippen LogP contribution is 2.25. The summed E-state index contributed by atoms with van der Waals surface area (Å²) in [5.41, 5.74) is 1.56. The van der Waals surface area contributed by atoms with Crippen molar-refractivity contribution in [2.24, 2.45) is 11.8 Å². The Kier molecular flexibility index (Phi) is 4.27. The first-order valence-corrected chi connectivity index (χ1v) is 5.61. The number of allylic oxidation sites excluding steroid dienone is 4. The van der Waals surface area contributed by atoms with E-state index in [0.717, 1.165) is 11.8 Å². The molecule has 0 heteroatoms. The summed E-state index contributed by atoms with van der Waals surface area (Å²) in [5.74, 6) is 1.54. The van der Waals surface area contributed by atoms with Crippen molar-refractivity contribution in [2.45, 2.75) is 46.5 Å². The van der Waals surface area contributed by atoms with E-state index in [4.69, 9.17) is 0 Å². The highest BCUT2D eigenvalue weighted by atomic mass is 14.2. The third-order valence-electron chi connectivity index (χ3n) is 2.55. The van der Waals surface area contributed by atoms with Gasteiger partial charge in [-0.2, -0.15) is 0 Å². The van der Waals surface area contributed by atoms with E-state index >= 15 is 0 Å². The summed E-state index contributed by atoms with van der Waals surface area (Å²) in [7, 11) is 0. The van der Waals surface area contributed by atoms with Gasteiger partial charge in [-0.1, -0.05) is 51.0 Å². The third kappa shape index (κ3) is 3.80. The average molecular weight is 178 g/mol. The first kappa shape index (κ1) is 10.6. The minimum Gasteiger partial charge on any atom is -0.0773 e. The molecule has 0 aromatic rings. The number of rotatable bonds is 5. The van der Waals surface area contributed by atoms with Crippen molar-refractivity contribution < 1.29 is 0 Å². The molecule has 1 aliphatic carbocycles. The Labute approximate surface area is 82.7 Å². The second kappa shape index (κ2) is 5.26. The molecule has 1 aliphatic rings. The van der Waals surface area contributed by atoms with Crippen molar-refractivity contribution in [3.63, 3.8) is 0 Å². The summed E-state index contributed by atoms with van der Waals surface area (Å²) in [5, 5.41) is 0. The fraction of sp³-hybridized carbons (Fsp3) is 0.692. The molecule has 0 nitrogen and oxygen atoms in total. The van der Waals surface area contributed by atoms with E-state index < -0.39 is 0 Å². The van der Waals surface area contributed by atoms with Gasteiger partial charge in [-0.15, -0.1) is 0 Å². The molecule has 0 aromatic carbocycles. The summed E-state index contributed by atoms with van der Waals surface area (Å²) in [6.45, 7) is 6.85. The minimum absolute atomic E-state index is 0.729. The van der Waals surface area contributed by atoms with E-state index in [1.165, 1.54) is 25.7 Å². The Morgan fingerprint density at radius 1 is 1.38 bits per heavy atom. The standard InChI is InChI=1S/C13H22/c1-4-5-6-12-7-8-13(10-12)9-11(2)3/h7-8,10-11,13H,4-6,9H2,1-3H3.